The summed E-state index contributed by atoms with van der Waals surface area (Å²) in [5.41, 5.74) is 0. The maximum Gasteiger partial charge on any atom is 0.119 e. The number of hydrogen-bond acceptors (Lipinski definition) is 9. The molecule has 3 atom stereocenters. The molecule has 3 unspecified atom stereocenters. The van der Waals surface area contributed by atoms with Crippen LogP contribution in [0.4, 0.5) is 0 Å². The topological polar surface area (TPSA) is 148 Å². The number of carbonyl (C=O) groups is 3. The number of quaternary nitrogens is 3. The Labute approximate surface area is 491 Å². The number of ether oxygens (including phenoxy) is 3. The van der Waals surface area contributed by atoms with Gasteiger partial charge in [0.05, 0.1) is 60.8 Å². The van der Waals surface area contributed by atoms with Crippen LogP contribution in [-0.2, 0) is 28.6 Å². The molecule has 0 saturated carbocycles. The zero-order valence-corrected chi connectivity index (χ0v) is 54.9. The van der Waals surface area contributed by atoms with Crippen molar-refractivity contribution < 1.29 is 57.4 Å². The summed E-state index contributed by atoms with van der Waals surface area (Å²) in [4.78, 5) is 32.2. The van der Waals surface area contributed by atoms with Crippen molar-refractivity contribution in [3.63, 3.8) is 0 Å². The van der Waals surface area contributed by atoms with Crippen molar-refractivity contribution >= 4 is 17.9 Å². The molecule has 0 amide bonds. The average Bonchev–Trinajstić information content (AvgIpc) is 3.37. The van der Waals surface area contributed by atoms with E-state index in [4.69, 9.17) is 14.2 Å². The summed E-state index contributed by atoms with van der Waals surface area (Å²) in [5.74, 6) is -2.94. The van der Waals surface area contributed by atoms with E-state index in [2.05, 4.69) is 34.9 Å². The highest BCUT2D eigenvalue weighted by molar-refractivity contribution is 5.65. The summed E-state index contributed by atoms with van der Waals surface area (Å²) in [6.45, 7) is 10.1. The molecule has 474 valence electrons. The molecule has 12 heteroatoms. The second-order valence-corrected chi connectivity index (χ2v) is 25.9. The summed E-state index contributed by atoms with van der Waals surface area (Å²) >= 11 is 0. The molecule has 0 aliphatic rings. The molecule has 0 aromatic heterocycles. The Morgan fingerprint density at radius 1 is 0.304 bits per heavy atom. The highest BCUT2D eigenvalue weighted by Gasteiger charge is 2.24. The lowest BCUT2D eigenvalue weighted by molar-refractivity contribution is -0.893. The van der Waals surface area contributed by atoms with E-state index < -0.39 is 17.9 Å². The second kappa shape index (κ2) is 58.0. The largest absolute Gasteiger partial charge is 0.550 e. The van der Waals surface area contributed by atoms with Crippen LogP contribution in [0.25, 0.3) is 0 Å². The lowest BCUT2D eigenvalue weighted by Gasteiger charge is -2.33. The van der Waals surface area contributed by atoms with Crippen LogP contribution in [-0.4, -0.2) is 153 Å². The molecule has 0 heterocycles. The Morgan fingerprint density at radius 2 is 0.506 bits per heavy atom. The van der Waals surface area contributed by atoms with Crippen LogP contribution >= 0.6 is 0 Å². The van der Waals surface area contributed by atoms with E-state index >= 15 is 0 Å². The molecule has 0 radical (unpaired) electrons. The molecule has 0 aromatic rings. The van der Waals surface area contributed by atoms with E-state index in [9.17, 15) is 29.7 Å². The molecule has 0 fully saturated rings. The zero-order valence-electron chi connectivity index (χ0n) is 54.9. The lowest BCUT2D eigenvalue weighted by atomic mass is 10.0. The number of unbranched alkanes of at least 4 members (excludes halogenated alkanes) is 35. The number of carboxylic acid groups (broad SMARTS) is 3. The number of methoxy groups -OCH3 is 3. The molecule has 0 bridgehead atoms. The van der Waals surface area contributed by atoms with Gasteiger partial charge in [0.15, 0.2) is 0 Å². The van der Waals surface area contributed by atoms with Gasteiger partial charge in [-0.05, 0) is 25.7 Å². The molecule has 79 heavy (non-hydrogen) atoms. The van der Waals surface area contributed by atoms with Gasteiger partial charge < -0.3 is 57.4 Å². The molecule has 0 saturated heterocycles. The monoisotopic (exact) mass is 1130 g/mol. The third kappa shape index (κ3) is 65.2. The van der Waals surface area contributed by atoms with Crippen LogP contribution in [0.2, 0.25) is 0 Å². The second-order valence-electron chi connectivity index (χ2n) is 25.9. The Bertz CT molecular complexity index is 1310. The van der Waals surface area contributed by atoms with E-state index in [0.29, 0.717) is 15.4 Å². The van der Waals surface area contributed by atoms with E-state index in [0.717, 1.165) is 49.9 Å². The predicted molar refractivity (Wildman–Crippen MR) is 328 cm³/mol. The van der Waals surface area contributed by atoms with Gasteiger partial charge in [0.1, 0.15) is 51.0 Å². The van der Waals surface area contributed by atoms with Gasteiger partial charge in [0, 0.05) is 33.7 Å². The summed E-state index contributed by atoms with van der Waals surface area (Å²) in [6.07, 6.45) is 56.3. The Kier molecular flexibility index (Phi) is 59.7. The standard InChI is InChI=1S/2C23H47NO3.C21H43NO3/c1-5-6-7-8-9-10-11-12-13-14-15-16-18-22(27-4)21-24(2,3)20-17-19-23(25)26;1-5-6-7-8-9-10-11-12-13-14-15-16-17-18-19-22(27-4)20-24(2,3)21-23(25)26;1-5-6-7-8-9-10-11-12-13-14-15-16-17-20(25-4)18-22(2,3)19-21(23)24/h2*22H,5-21H2,1-4H3;20H,5-19H2,1-4H3. The zero-order chi connectivity index (χ0) is 59.7. The van der Waals surface area contributed by atoms with Crippen molar-refractivity contribution in [1.29, 1.82) is 0 Å². The van der Waals surface area contributed by atoms with Crippen LogP contribution in [0.3, 0.4) is 0 Å². The van der Waals surface area contributed by atoms with Crippen LogP contribution in [0.5, 0.6) is 0 Å². The van der Waals surface area contributed by atoms with Gasteiger partial charge in [0.2, 0.25) is 0 Å². The number of likely N-dealkylation sites (N-methyl/N-ethyl adjacent to an activating group) is 3. The first-order valence-electron chi connectivity index (χ1n) is 33.4. The SMILES string of the molecule is CCCCCCCCCCCCCCC(C[N+](C)(C)CC(=O)[O-])OC.CCCCCCCCCCCCCCC(C[N+](C)(C)CCCC(=O)[O-])OC.CCCCCCCCCCCCCCCCC(C[N+](C)(C)CC(=O)[O-])OC. The summed E-state index contributed by atoms with van der Waals surface area (Å²) in [7, 11) is 17.3. The third-order valence-corrected chi connectivity index (χ3v) is 16.0. The van der Waals surface area contributed by atoms with Gasteiger partial charge in [0.25, 0.3) is 0 Å². The first kappa shape index (κ1) is 81.4. The first-order valence-corrected chi connectivity index (χ1v) is 33.4. The van der Waals surface area contributed by atoms with Crippen molar-refractivity contribution in [2.45, 2.75) is 315 Å². The van der Waals surface area contributed by atoms with Gasteiger partial charge in [-0.2, -0.15) is 0 Å². The van der Waals surface area contributed by atoms with Crippen molar-refractivity contribution in [2.24, 2.45) is 0 Å². The van der Waals surface area contributed by atoms with Crippen molar-refractivity contribution in [2.75, 3.05) is 103 Å². The fraction of sp³-hybridized carbons (Fsp3) is 0.955. The summed E-state index contributed by atoms with van der Waals surface area (Å²) in [6, 6.07) is 0. The van der Waals surface area contributed by atoms with Gasteiger partial charge in [-0.15, -0.1) is 0 Å². The normalized spacial score (nSPS) is 13.1. The van der Waals surface area contributed by atoms with E-state index in [1.807, 2.05) is 28.2 Å². The average molecular weight is 1130 g/mol. The van der Waals surface area contributed by atoms with Gasteiger partial charge in [-0.3, -0.25) is 0 Å². The van der Waals surface area contributed by atoms with Gasteiger partial charge in [-0.25, -0.2) is 0 Å². The molecule has 0 rings (SSSR count). The predicted octanol–water partition coefficient (Wildman–Crippen LogP) is 13.3. The van der Waals surface area contributed by atoms with E-state index in [1.54, 1.807) is 21.3 Å². The molecule has 0 aliphatic heterocycles. The number of carbonyl (C=O) groups excluding carboxylic acids is 3. The Balaban J connectivity index is -0.00000110. The van der Waals surface area contributed by atoms with Gasteiger partial charge >= 0.3 is 0 Å². The number of carboxylic acids is 3. The molecule has 0 N–H and O–H groups in total. The molecular weight excluding hydrogens is 991 g/mol. The highest BCUT2D eigenvalue weighted by atomic mass is 16.5. The van der Waals surface area contributed by atoms with Crippen molar-refractivity contribution in [1.82, 2.24) is 0 Å². The van der Waals surface area contributed by atoms with Crippen molar-refractivity contribution in [3.05, 3.63) is 0 Å². The van der Waals surface area contributed by atoms with Gasteiger partial charge in [-0.1, -0.05) is 265 Å². The number of nitrogens with zero attached hydrogens (tertiary/aromatic N) is 3. The smallest absolute Gasteiger partial charge is 0.119 e. The van der Waals surface area contributed by atoms with Crippen LogP contribution in [0.1, 0.15) is 297 Å². The molecule has 12 nitrogen and oxygen atoms in total. The highest BCUT2D eigenvalue weighted by Crippen LogP contribution is 2.19. The summed E-state index contributed by atoms with van der Waals surface area (Å²) < 4.78 is 18.4. The molecular formula is C67H137N3O9. The fourth-order valence-electron chi connectivity index (χ4n) is 11.1. The molecule has 0 spiro atoms. The first-order chi connectivity index (χ1) is 37.7. The quantitative estimate of drug-likeness (QED) is 0.0429. The third-order valence-electron chi connectivity index (χ3n) is 16.0. The fourth-order valence-corrected chi connectivity index (χ4v) is 11.1. The van der Waals surface area contributed by atoms with E-state index in [-0.39, 0.29) is 37.8 Å². The number of hydrogen-bond donors (Lipinski definition) is 0. The van der Waals surface area contributed by atoms with Crippen molar-refractivity contribution in [3.8, 4) is 0 Å². The summed E-state index contributed by atoms with van der Waals surface area (Å²) in [5, 5.41) is 32.2. The van der Waals surface area contributed by atoms with Crippen LogP contribution in [0, 0.1) is 0 Å². The Morgan fingerprint density at radius 3 is 0.696 bits per heavy atom. The Hall–Kier alpha value is -1.83. The molecule has 0 aromatic carbocycles. The number of aliphatic carboxylic acids is 3. The number of rotatable bonds is 58. The minimum Gasteiger partial charge on any atom is -0.550 e. The minimum absolute atomic E-state index is 0.0400. The maximum atomic E-state index is 10.8. The van der Waals surface area contributed by atoms with Crippen LogP contribution in [0.15, 0.2) is 0 Å². The van der Waals surface area contributed by atoms with Crippen LogP contribution < -0.4 is 15.3 Å². The maximum absolute atomic E-state index is 10.8. The molecule has 0 aliphatic carbocycles. The van der Waals surface area contributed by atoms with E-state index in [1.165, 1.54) is 244 Å². The lowest BCUT2D eigenvalue weighted by Crippen LogP contribution is -2.52. The minimum atomic E-state index is -0.995.